The molecule has 0 bridgehead atoms. The molecule has 0 spiro atoms. The standard InChI is InChI=1S/C10H9ClN4O2/c1-16-9-13-8(11)14-10(15-9)17-7-4-2-3-6(12)5-7/h2-5H,12H2,1H3. The van der Waals surface area contributed by atoms with Crippen LogP contribution in [0.15, 0.2) is 24.3 Å². The van der Waals surface area contributed by atoms with Crippen LogP contribution in [0.5, 0.6) is 17.8 Å². The SMILES string of the molecule is COc1nc(Cl)nc(Oc2cccc(N)c2)n1. The Kier molecular flexibility index (Phi) is 3.24. The molecule has 0 aliphatic heterocycles. The van der Waals surface area contributed by atoms with Crippen LogP contribution in [0.1, 0.15) is 0 Å². The average Bonchev–Trinajstić information content (AvgIpc) is 2.28. The van der Waals surface area contributed by atoms with E-state index in [1.54, 1.807) is 24.3 Å². The minimum atomic E-state index is -0.00393. The number of benzene rings is 1. The van der Waals surface area contributed by atoms with Crippen molar-refractivity contribution < 1.29 is 9.47 Å². The van der Waals surface area contributed by atoms with Crippen molar-refractivity contribution in [1.82, 2.24) is 15.0 Å². The summed E-state index contributed by atoms with van der Waals surface area (Å²) in [5, 5.41) is -0.00393. The predicted molar refractivity (Wildman–Crippen MR) is 62.3 cm³/mol. The Balaban J connectivity index is 2.26. The molecule has 0 aliphatic carbocycles. The number of aromatic nitrogens is 3. The number of anilines is 1. The zero-order valence-electron chi connectivity index (χ0n) is 8.92. The van der Waals surface area contributed by atoms with Crippen LogP contribution in [0.25, 0.3) is 0 Å². The van der Waals surface area contributed by atoms with Gasteiger partial charge in [0.25, 0.3) is 0 Å². The third-order valence-corrected chi connectivity index (χ3v) is 1.99. The van der Waals surface area contributed by atoms with Crippen molar-refractivity contribution in [2.75, 3.05) is 12.8 Å². The molecule has 0 unspecified atom stereocenters. The molecular formula is C10H9ClN4O2. The average molecular weight is 253 g/mol. The van der Waals surface area contributed by atoms with E-state index in [9.17, 15) is 0 Å². The van der Waals surface area contributed by atoms with Gasteiger partial charge in [-0.05, 0) is 23.7 Å². The van der Waals surface area contributed by atoms with Crippen molar-refractivity contribution >= 4 is 17.3 Å². The highest BCUT2D eigenvalue weighted by atomic mass is 35.5. The number of nitrogen functional groups attached to an aromatic ring is 1. The van der Waals surface area contributed by atoms with Crippen LogP contribution < -0.4 is 15.2 Å². The zero-order chi connectivity index (χ0) is 12.3. The van der Waals surface area contributed by atoms with Crippen molar-refractivity contribution in [2.24, 2.45) is 0 Å². The summed E-state index contributed by atoms with van der Waals surface area (Å²) in [5.74, 6) is 0.509. The quantitative estimate of drug-likeness (QED) is 0.840. The van der Waals surface area contributed by atoms with Crippen LogP contribution in [-0.2, 0) is 0 Å². The third kappa shape index (κ3) is 2.94. The molecule has 2 N–H and O–H groups in total. The Morgan fingerprint density at radius 3 is 2.65 bits per heavy atom. The molecule has 88 valence electrons. The van der Waals surface area contributed by atoms with E-state index in [0.717, 1.165) is 0 Å². The molecular weight excluding hydrogens is 244 g/mol. The summed E-state index contributed by atoms with van der Waals surface area (Å²) >= 11 is 5.68. The highest BCUT2D eigenvalue weighted by Gasteiger charge is 2.07. The summed E-state index contributed by atoms with van der Waals surface area (Å²) in [6.07, 6.45) is 0. The third-order valence-electron chi connectivity index (χ3n) is 1.82. The van der Waals surface area contributed by atoms with Gasteiger partial charge in [0.1, 0.15) is 5.75 Å². The minimum absolute atomic E-state index is 0.00393. The highest BCUT2D eigenvalue weighted by Crippen LogP contribution is 2.21. The fraction of sp³-hybridized carbons (Fsp3) is 0.100. The highest BCUT2D eigenvalue weighted by molar-refractivity contribution is 6.28. The summed E-state index contributed by atoms with van der Waals surface area (Å²) in [7, 11) is 1.43. The lowest BCUT2D eigenvalue weighted by Crippen LogP contribution is -1.98. The molecule has 1 aromatic carbocycles. The second-order valence-electron chi connectivity index (χ2n) is 3.05. The largest absolute Gasteiger partial charge is 0.467 e. The van der Waals surface area contributed by atoms with Crippen molar-refractivity contribution in [1.29, 1.82) is 0 Å². The van der Waals surface area contributed by atoms with E-state index in [1.807, 2.05) is 0 Å². The zero-order valence-corrected chi connectivity index (χ0v) is 9.68. The maximum Gasteiger partial charge on any atom is 0.329 e. The summed E-state index contributed by atoms with van der Waals surface area (Å²) in [4.78, 5) is 11.4. The maximum absolute atomic E-state index is 5.68. The van der Waals surface area contributed by atoms with E-state index in [2.05, 4.69) is 15.0 Å². The Morgan fingerprint density at radius 2 is 1.94 bits per heavy atom. The molecule has 0 atom stereocenters. The molecule has 0 radical (unpaired) electrons. The lowest BCUT2D eigenvalue weighted by Gasteiger charge is -2.05. The Bertz CT molecular complexity index is 535. The van der Waals surface area contributed by atoms with E-state index < -0.39 is 0 Å². The van der Waals surface area contributed by atoms with Crippen LogP contribution in [0, 0.1) is 0 Å². The molecule has 0 saturated heterocycles. The summed E-state index contributed by atoms with van der Waals surface area (Å²) in [5.41, 5.74) is 6.19. The fourth-order valence-electron chi connectivity index (χ4n) is 1.14. The van der Waals surface area contributed by atoms with Crippen molar-refractivity contribution in [3.05, 3.63) is 29.5 Å². The molecule has 2 rings (SSSR count). The second kappa shape index (κ2) is 4.84. The van der Waals surface area contributed by atoms with Gasteiger partial charge in [-0.25, -0.2) is 0 Å². The van der Waals surface area contributed by atoms with Gasteiger partial charge in [0.15, 0.2) is 0 Å². The molecule has 2 aromatic rings. The lowest BCUT2D eigenvalue weighted by molar-refractivity contribution is 0.359. The van der Waals surface area contributed by atoms with E-state index in [0.29, 0.717) is 11.4 Å². The van der Waals surface area contributed by atoms with Crippen LogP contribution >= 0.6 is 11.6 Å². The minimum Gasteiger partial charge on any atom is -0.467 e. The molecule has 1 aromatic heterocycles. The number of ether oxygens (including phenoxy) is 2. The first-order valence-electron chi connectivity index (χ1n) is 4.66. The van der Waals surface area contributed by atoms with Gasteiger partial charge in [-0.15, -0.1) is 4.98 Å². The summed E-state index contributed by atoms with van der Waals surface area (Å²) in [6.45, 7) is 0. The Morgan fingerprint density at radius 1 is 1.18 bits per heavy atom. The van der Waals surface area contributed by atoms with Gasteiger partial charge in [0.05, 0.1) is 7.11 Å². The van der Waals surface area contributed by atoms with Gasteiger partial charge in [0.2, 0.25) is 5.28 Å². The lowest BCUT2D eigenvalue weighted by atomic mass is 10.3. The Labute approximate surface area is 102 Å². The van der Waals surface area contributed by atoms with Crippen LogP contribution in [0.2, 0.25) is 5.28 Å². The van der Waals surface area contributed by atoms with Crippen molar-refractivity contribution in [3.8, 4) is 17.8 Å². The number of hydrogen-bond acceptors (Lipinski definition) is 6. The number of nitrogens with zero attached hydrogens (tertiary/aromatic N) is 3. The number of hydrogen-bond donors (Lipinski definition) is 1. The molecule has 6 nitrogen and oxygen atoms in total. The van der Waals surface area contributed by atoms with E-state index in [-0.39, 0.29) is 17.3 Å². The summed E-state index contributed by atoms with van der Waals surface area (Å²) in [6, 6.07) is 7.00. The molecule has 0 saturated carbocycles. The summed E-state index contributed by atoms with van der Waals surface area (Å²) < 4.78 is 10.2. The van der Waals surface area contributed by atoms with E-state index in [4.69, 9.17) is 26.8 Å². The topological polar surface area (TPSA) is 83.2 Å². The van der Waals surface area contributed by atoms with E-state index in [1.165, 1.54) is 7.11 Å². The van der Waals surface area contributed by atoms with Gasteiger partial charge < -0.3 is 15.2 Å². The molecule has 17 heavy (non-hydrogen) atoms. The first kappa shape index (κ1) is 11.4. The fourth-order valence-corrected chi connectivity index (χ4v) is 1.28. The smallest absolute Gasteiger partial charge is 0.329 e. The van der Waals surface area contributed by atoms with Gasteiger partial charge in [-0.2, -0.15) is 9.97 Å². The number of nitrogens with two attached hydrogens (primary N) is 1. The predicted octanol–water partition coefficient (Wildman–Crippen LogP) is 1.91. The van der Waals surface area contributed by atoms with Gasteiger partial charge in [-0.1, -0.05) is 6.07 Å². The first-order valence-corrected chi connectivity index (χ1v) is 5.04. The monoisotopic (exact) mass is 252 g/mol. The number of halogens is 1. The first-order chi connectivity index (χ1) is 8.17. The van der Waals surface area contributed by atoms with E-state index >= 15 is 0 Å². The van der Waals surface area contributed by atoms with Crippen LogP contribution in [-0.4, -0.2) is 22.1 Å². The molecule has 0 fully saturated rings. The maximum atomic E-state index is 5.68. The molecule has 1 heterocycles. The normalized spacial score (nSPS) is 10.0. The number of methoxy groups -OCH3 is 1. The molecule has 7 heteroatoms. The van der Waals surface area contributed by atoms with Gasteiger partial charge >= 0.3 is 12.0 Å². The van der Waals surface area contributed by atoms with Crippen LogP contribution in [0.4, 0.5) is 5.69 Å². The molecule has 0 aliphatic rings. The van der Waals surface area contributed by atoms with Gasteiger partial charge in [-0.3, -0.25) is 0 Å². The number of rotatable bonds is 3. The Hall–Kier alpha value is -2.08. The van der Waals surface area contributed by atoms with Gasteiger partial charge in [0, 0.05) is 11.8 Å². The van der Waals surface area contributed by atoms with Crippen molar-refractivity contribution in [3.63, 3.8) is 0 Å². The molecule has 0 amide bonds. The van der Waals surface area contributed by atoms with Crippen LogP contribution in [0.3, 0.4) is 0 Å². The second-order valence-corrected chi connectivity index (χ2v) is 3.39. The van der Waals surface area contributed by atoms with Crippen molar-refractivity contribution in [2.45, 2.75) is 0 Å².